The van der Waals surface area contributed by atoms with Gasteiger partial charge in [-0.3, -0.25) is 4.79 Å². The summed E-state index contributed by atoms with van der Waals surface area (Å²) in [6.45, 7) is 1.29. The number of Topliss-reactive ketones (excluding diaryl/α,β-unsaturated/α-hetero) is 1. The summed E-state index contributed by atoms with van der Waals surface area (Å²) in [5.74, 6) is -0.342. The van der Waals surface area contributed by atoms with Crippen molar-refractivity contribution in [1.29, 1.82) is 0 Å². The van der Waals surface area contributed by atoms with Gasteiger partial charge in [0, 0.05) is 19.2 Å². The zero-order valence-electron chi connectivity index (χ0n) is 7.15. The highest BCUT2D eigenvalue weighted by Gasteiger charge is 2.19. The Kier molecular flexibility index (Phi) is 4.00. The van der Waals surface area contributed by atoms with E-state index >= 15 is 0 Å². The number of rotatable bonds is 2. The highest BCUT2D eigenvalue weighted by Crippen LogP contribution is 2.31. The lowest BCUT2D eigenvalue weighted by molar-refractivity contribution is 0.0998. The Hall–Kier alpha value is -0.0400. The zero-order valence-corrected chi connectivity index (χ0v) is 10.9. The number of hydrogen-bond acceptors (Lipinski definition) is 1. The van der Waals surface area contributed by atoms with Gasteiger partial charge in [-0.2, -0.15) is 0 Å². The molecule has 0 spiro atoms. The van der Waals surface area contributed by atoms with E-state index in [1.165, 1.54) is 19.1 Å². The van der Waals surface area contributed by atoms with E-state index in [9.17, 15) is 13.6 Å². The second-order valence-corrected chi connectivity index (χ2v) is 4.62. The Labute approximate surface area is 102 Å². The lowest BCUT2D eigenvalue weighted by Crippen LogP contribution is -2.03. The van der Waals surface area contributed by atoms with Gasteiger partial charge in [0.1, 0.15) is 0 Å². The van der Waals surface area contributed by atoms with Gasteiger partial charge >= 0.3 is 0 Å². The molecule has 0 unspecified atom stereocenters. The predicted molar refractivity (Wildman–Crippen MR) is 61.8 cm³/mol. The van der Waals surface area contributed by atoms with Crippen LogP contribution in [0.2, 0.25) is 0 Å². The number of carbonyl (C=O) groups is 1. The van der Waals surface area contributed by atoms with Crippen LogP contribution >= 0.6 is 38.5 Å². The van der Waals surface area contributed by atoms with E-state index in [0.717, 1.165) is 0 Å². The molecule has 0 aliphatic heterocycles. The molecule has 0 saturated carbocycles. The first-order chi connectivity index (χ1) is 6.45. The fourth-order valence-corrected chi connectivity index (χ4v) is 2.31. The minimum atomic E-state index is -2.62. The van der Waals surface area contributed by atoms with Crippen LogP contribution in [0.4, 0.5) is 8.78 Å². The molecule has 0 aliphatic rings. The van der Waals surface area contributed by atoms with Crippen LogP contribution in [0, 0.1) is 3.57 Å². The normalized spacial score (nSPS) is 10.7. The van der Waals surface area contributed by atoms with E-state index < -0.39 is 6.43 Å². The fraction of sp³-hybridized carbons (Fsp3) is 0.222. The van der Waals surface area contributed by atoms with Crippen molar-refractivity contribution in [2.24, 2.45) is 0 Å². The molecule has 1 nitrogen and oxygen atoms in total. The SMILES string of the molecule is CC(=O)c1c(C(F)F)ccc(Br)c1I. The Morgan fingerprint density at radius 3 is 2.50 bits per heavy atom. The number of ketones is 1. The van der Waals surface area contributed by atoms with E-state index in [1.54, 1.807) is 0 Å². The molecular weight excluding hydrogens is 369 g/mol. The topological polar surface area (TPSA) is 17.1 Å². The monoisotopic (exact) mass is 374 g/mol. The number of carbonyl (C=O) groups excluding carboxylic acids is 1. The molecule has 1 aromatic rings. The molecule has 0 amide bonds. The molecule has 14 heavy (non-hydrogen) atoms. The average molecular weight is 375 g/mol. The molecule has 5 heteroatoms. The summed E-state index contributed by atoms with van der Waals surface area (Å²) in [6, 6.07) is 2.79. The number of alkyl halides is 2. The number of benzene rings is 1. The third kappa shape index (κ3) is 2.31. The molecule has 1 aromatic carbocycles. The zero-order chi connectivity index (χ0) is 10.9. The standard InChI is InChI=1S/C9H6BrF2IO/c1-4(14)7-5(9(11)12)2-3-6(10)8(7)13/h2-3,9H,1H3. The third-order valence-corrected chi connectivity index (χ3v) is 4.24. The van der Waals surface area contributed by atoms with Gasteiger partial charge in [-0.05, 0) is 51.5 Å². The minimum Gasteiger partial charge on any atom is -0.294 e. The summed E-state index contributed by atoms with van der Waals surface area (Å²) in [5.41, 5.74) is -0.0972. The lowest BCUT2D eigenvalue weighted by Gasteiger charge is -2.09. The third-order valence-electron chi connectivity index (χ3n) is 1.71. The molecule has 0 heterocycles. The van der Waals surface area contributed by atoms with E-state index in [1.807, 2.05) is 22.6 Å². The molecule has 0 saturated heterocycles. The second-order valence-electron chi connectivity index (χ2n) is 2.68. The maximum atomic E-state index is 12.5. The van der Waals surface area contributed by atoms with Crippen molar-refractivity contribution in [1.82, 2.24) is 0 Å². The second kappa shape index (κ2) is 4.65. The highest BCUT2D eigenvalue weighted by molar-refractivity contribution is 14.1. The molecule has 0 N–H and O–H groups in total. The van der Waals surface area contributed by atoms with Gasteiger partial charge in [0.15, 0.2) is 5.78 Å². The molecule has 0 aromatic heterocycles. The molecule has 1 rings (SSSR count). The lowest BCUT2D eigenvalue weighted by atomic mass is 10.1. The fourth-order valence-electron chi connectivity index (χ4n) is 1.11. The summed E-state index contributed by atoms with van der Waals surface area (Å²) in [6.07, 6.45) is -2.62. The maximum absolute atomic E-state index is 12.5. The van der Waals surface area contributed by atoms with Crippen molar-refractivity contribution in [3.8, 4) is 0 Å². The summed E-state index contributed by atoms with van der Waals surface area (Å²) in [7, 11) is 0. The van der Waals surface area contributed by atoms with Crippen LogP contribution in [-0.4, -0.2) is 5.78 Å². The van der Waals surface area contributed by atoms with E-state index in [-0.39, 0.29) is 16.9 Å². The molecule has 0 atom stereocenters. The largest absolute Gasteiger partial charge is 0.294 e. The molecule has 0 fully saturated rings. The van der Waals surface area contributed by atoms with E-state index in [4.69, 9.17) is 0 Å². The van der Waals surface area contributed by atoms with Gasteiger partial charge in [-0.25, -0.2) is 8.78 Å². The van der Waals surface area contributed by atoms with Crippen molar-refractivity contribution >= 4 is 44.3 Å². The molecule has 0 radical (unpaired) electrons. The number of hydrogen-bond donors (Lipinski definition) is 0. The quantitative estimate of drug-likeness (QED) is 0.560. The summed E-state index contributed by atoms with van der Waals surface area (Å²) in [4.78, 5) is 11.2. The first-order valence-corrected chi connectivity index (χ1v) is 5.59. The Morgan fingerprint density at radius 2 is 2.07 bits per heavy atom. The summed E-state index contributed by atoms with van der Waals surface area (Å²) >= 11 is 5.07. The van der Waals surface area contributed by atoms with Gasteiger partial charge in [-0.15, -0.1) is 0 Å². The van der Waals surface area contributed by atoms with E-state index in [2.05, 4.69) is 15.9 Å². The predicted octanol–water partition coefficient (Wildman–Crippen LogP) is 4.19. The highest BCUT2D eigenvalue weighted by atomic mass is 127. The van der Waals surface area contributed by atoms with Crippen molar-refractivity contribution in [3.05, 3.63) is 31.3 Å². The molecule has 0 bridgehead atoms. The average Bonchev–Trinajstić information content (AvgIpc) is 2.08. The summed E-state index contributed by atoms with van der Waals surface area (Å²) in [5, 5.41) is 0. The van der Waals surface area contributed by atoms with Crippen LogP contribution in [0.5, 0.6) is 0 Å². The van der Waals surface area contributed by atoms with Crippen molar-refractivity contribution in [2.45, 2.75) is 13.3 Å². The first-order valence-electron chi connectivity index (χ1n) is 3.72. The maximum Gasteiger partial charge on any atom is 0.264 e. The smallest absolute Gasteiger partial charge is 0.264 e. The Balaban J connectivity index is 3.45. The van der Waals surface area contributed by atoms with Gasteiger partial charge in [0.05, 0.1) is 0 Å². The molecule has 0 aliphatic carbocycles. The molecule has 76 valence electrons. The Morgan fingerprint density at radius 1 is 1.50 bits per heavy atom. The van der Waals surface area contributed by atoms with Gasteiger partial charge in [-0.1, -0.05) is 6.07 Å². The number of halogens is 4. The first kappa shape index (κ1) is 12.0. The van der Waals surface area contributed by atoms with Gasteiger partial charge in [0.2, 0.25) is 0 Å². The van der Waals surface area contributed by atoms with Crippen molar-refractivity contribution in [2.75, 3.05) is 0 Å². The van der Waals surface area contributed by atoms with E-state index in [0.29, 0.717) is 8.04 Å². The van der Waals surface area contributed by atoms with Crippen LogP contribution in [0.3, 0.4) is 0 Å². The minimum absolute atomic E-state index is 0.106. The van der Waals surface area contributed by atoms with Crippen LogP contribution in [-0.2, 0) is 0 Å². The van der Waals surface area contributed by atoms with Crippen LogP contribution < -0.4 is 0 Å². The molecular formula is C9H6BrF2IO. The van der Waals surface area contributed by atoms with Crippen LogP contribution in [0.1, 0.15) is 29.3 Å². The van der Waals surface area contributed by atoms with Gasteiger partial charge < -0.3 is 0 Å². The summed E-state index contributed by atoms with van der Waals surface area (Å²) < 4.78 is 26.3. The van der Waals surface area contributed by atoms with Crippen LogP contribution in [0.15, 0.2) is 16.6 Å². The van der Waals surface area contributed by atoms with Crippen LogP contribution in [0.25, 0.3) is 0 Å². The van der Waals surface area contributed by atoms with Crippen molar-refractivity contribution in [3.63, 3.8) is 0 Å². The Bertz CT molecular complexity index is 379. The van der Waals surface area contributed by atoms with Gasteiger partial charge in [0.25, 0.3) is 6.43 Å². The van der Waals surface area contributed by atoms with Crippen molar-refractivity contribution < 1.29 is 13.6 Å².